The van der Waals surface area contributed by atoms with E-state index in [1.807, 2.05) is 0 Å². The number of nitrogens with zero attached hydrogens (tertiary/aromatic N) is 2. The van der Waals surface area contributed by atoms with Gasteiger partial charge in [-0.2, -0.15) is 16.8 Å². The smallest absolute Gasteiger partial charge is 0.354 e. The van der Waals surface area contributed by atoms with Crippen molar-refractivity contribution in [3.05, 3.63) is 23.4 Å². The average molecular weight is 382 g/mol. The van der Waals surface area contributed by atoms with Crippen LogP contribution in [0.1, 0.15) is 6.42 Å². The van der Waals surface area contributed by atoms with Gasteiger partial charge in [0.15, 0.2) is 11.2 Å². The summed E-state index contributed by atoms with van der Waals surface area (Å²) in [5, 5.41) is -1.34. The minimum atomic E-state index is -5.03. The summed E-state index contributed by atoms with van der Waals surface area (Å²) in [7, 11) is -8.15. The van der Waals surface area contributed by atoms with Crippen LogP contribution in [0, 0.1) is 0 Å². The van der Waals surface area contributed by atoms with Crippen LogP contribution in [0.2, 0.25) is 0 Å². The molecule has 14 heteroatoms. The molecule has 12 nitrogen and oxygen atoms in total. The summed E-state index contributed by atoms with van der Waals surface area (Å²) in [4.78, 5) is 24.2. The van der Waals surface area contributed by atoms with Crippen molar-refractivity contribution in [2.24, 2.45) is 5.73 Å². The number of rotatable bonds is 4. The molecule has 0 bridgehead atoms. The number of fused-ring (bicyclic) bond motifs is 1. The molecule has 2 atom stereocenters. The topological polar surface area (TPSA) is 187 Å². The molecule has 24 heavy (non-hydrogen) atoms. The van der Waals surface area contributed by atoms with Gasteiger partial charge in [0.05, 0.1) is 0 Å². The second-order valence-corrected chi connectivity index (χ2v) is 7.97. The number of ketones is 1. The summed E-state index contributed by atoms with van der Waals surface area (Å²) in [6.07, 6.45) is 1.79. The van der Waals surface area contributed by atoms with Gasteiger partial charge in [-0.25, -0.2) is 4.79 Å². The third-order valence-corrected chi connectivity index (χ3v) is 5.52. The maximum absolute atomic E-state index is 12.1. The molecular weight excluding hydrogens is 368 g/mol. The number of amides is 2. The van der Waals surface area contributed by atoms with Crippen molar-refractivity contribution in [3.63, 3.8) is 0 Å². The second-order valence-electron chi connectivity index (χ2n) is 5.10. The van der Waals surface area contributed by atoms with Gasteiger partial charge >= 0.3 is 16.3 Å². The van der Waals surface area contributed by atoms with Gasteiger partial charge in [0.1, 0.15) is 6.04 Å². The number of nitrogens with one attached hydrogen (secondary N) is 1. The third-order valence-electron chi connectivity index (χ3n) is 3.53. The van der Waals surface area contributed by atoms with Gasteiger partial charge in [0.2, 0.25) is 0 Å². The maximum atomic E-state index is 12.1. The van der Waals surface area contributed by atoms with Crippen LogP contribution in [-0.2, 0) is 25.2 Å². The van der Waals surface area contributed by atoms with Crippen LogP contribution in [0.15, 0.2) is 23.4 Å². The van der Waals surface area contributed by atoms with Gasteiger partial charge in [-0.05, 0) is 5.57 Å². The molecule has 0 aromatic rings. The van der Waals surface area contributed by atoms with E-state index in [1.165, 1.54) is 7.05 Å². The molecule has 1 saturated heterocycles. The fourth-order valence-electron chi connectivity index (χ4n) is 2.52. The summed E-state index contributed by atoms with van der Waals surface area (Å²) in [6.45, 7) is 0. The molecule has 1 aliphatic heterocycles. The van der Waals surface area contributed by atoms with Crippen LogP contribution < -0.4 is 11.2 Å². The molecule has 0 radical (unpaired) electrons. The molecule has 2 rings (SSSR count). The number of carbonyl (C=O) groups excluding carboxylic acids is 2. The van der Waals surface area contributed by atoms with Gasteiger partial charge in [-0.1, -0.05) is 10.5 Å². The number of hydrazine groups is 1. The Balaban J connectivity index is 2.45. The maximum Gasteiger partial charge on any atom is 0.354 e. The van der Waals surface area contributed by atoms with Crippen LogP contribution in [0.4, 0.5) is 4.79 Å². The number of likely N-dealkylation sites (tertiary alicyclic amines) is 1. The molecule has 2 aliphatic rings. The summed E-state index contributed by atoms with van der Waals surface area (Å²) < 4.78 is 63.7. The van der Waals surface area contributed by atoms with E-state index in [1.54, 1.807) is 5.43 Å². The van der Waals surface area contributed by atoms with E-state index in [0.717, 1.165) is 17.1 Å². The summed E-state index contributed by atoms with van der Waals surface area (Å²) >= 11 is 0. The van der Waals surface area contributed by atoms with Gasteiger partial charge in [-0.3, -0.25) is 19.3 Å². The highest BCUT2D eigenvalue weighted by atomic mass is 32.2. The lowest BCUT2D eigenvalue weighted by Crippen LogP contribution is -2.55. The minimum absolute atomic E-state index is 0.0429. The van der Waals surface area contributed by atoms with E-state index in [2.05, 4.69) is 0 Å². The van der Waals surface area contributed by atoms with E-state index in [0.29, 0.717) is 0 Å². The lowest BCUT2D eigenvalue weighted by atomic mass is 9.99. The molecule has 2 amide bonds. The Bertz CT molecular complexity index is 859. The van der Waals surface area contributed by atoms with Crippen molar-refractivity contribution in [2.45, 2.75) is 17.8 Å². The zero-order chi connectivity index (χ0) is 18.4. The molecule has 5 N–H and O–H groups in total. The minimum Gasteiger partial charge on any atom is -0.356 e. The Morgan fingerprint density at radius 2 is 1.96 bits per heavy atom. The van der Waals surface area contributed by atoms with Gasteiger partial charge in [-0.15, -0.1) is 0 Å². The number of allylic oxidation sites excluding steroid dienone is 1. The lowest BCUT2D eigenvalue weighted by Gasteiger charge is -2.27. The SMILES string of the molecule is CN1C2=CC(=O)C(N(NC(N)=O)S(=O)(=O)O)C=C2CC1S(=O)(=O)O. The molecule has 2 unspecified atom stereocenters. The van der Waals surface area contributed by atoms with E-state index >= 15 is 0 Å². The van der Waals surface area contributed by atoms with Crippen LogP contribution in [0.5, 0.6) is 0 Å². The van der Waals surface area contributed by atoms with Crippen molar-refractivity contribution in [1.82, 2.24) is 14.7 Å². The third kappa shape index (κ3) is 3.41. The number of hydrogen-bond acceptors (Lipinski definition) is 7. The van der Waals surface area contributed by atoms with E-state index in [9.17, 15) is 31.0 Å². The Morgan fingerprint density at radius 3 is 2.42 bits per heavy atom. The summed E-state index contributed by atoms with van der Waals surface area (Å²) in [5.74, 6) is -0.858. The predicted octanol–water partition coefficient (Wildman–Crippen LogP) is -2.01. The van der Waals surface area contributed by atoms with Crippen molar-refractivity contribution < 1.29 is 35.5 Å². The zero-order valence-electron chi connectivity index (χ0n) is 12.1. The predicted molar refractivity (Wildman–Crippen MR) is 78.8 cm³/mol. The Hall–Kier alpha value is -2.00. The first-order chi connectivity index (χ1) is 10.8. The normalized spacial score (nSPS) is 24.5. The first kappa shape index (κ1) is 18.3. The number of likely N-dealkylation sites (N-methyl/N-ethyl adjacent to an activating group) is 1. The highest BCUT2D eigenvalue weighted by molar-refractivity contribution is 7.86. The summed E-state index contributed by atoms with van der Waals surface area (Å²) in [6, 6.07) is -2.99. The zero-order valence-corrected chi connectivity index (χ0v) is 13.8. The second kappa shape index (κ2) is 5.82. The van der Waals surface area contributed by atoms with Gasteiger partial charge in [0, 0.05) is 25.2 Å². The lowest BCUT2D eigenvalue weighted by molar-refractivity contribution is -0.117. The summed E-state index contributed by atoms with van der Waals surface area (Å²) in [5.41, 5.74) is 6.84. The van der Waals surface area contributed by atoms with Gasteiger partial charge < -0.3 is 10.6 Å². The monoisotopic (exact) mass is 382 g/mol. The molecule has 0 saturated carbocycles. The molecule has 134 valence electrons. The van der Waals surface area contributed by atoms with E-state index in [-0.39, 0.29) is 22.1 Å². The molecular formula is C10H14N4O8S2. The van der Waals surface area contributed by atoms with E-state index < -0.39 is 43.7 Å². The van der Waals surface area contributed by atoms with Crippen molar-refractivity contribution in [3.8, 4) is 0 Å². The first-order valence-electron chi connectivity index (χ1n) is 6.31. The fraction of sp³-hybridized carbons (Fsp3) is 0.400. The molecule has 0 aromatic heterocycles. The van der Waals surface area contributed by atoms with Crippen molar-refractivity contribution in [1.29, 1.82) is 0 Å². The van der Waals surface area contributed by atoms with Crippen molar-refractivity contribution in [2.75, 3.05) is 7.05 Å². The quantitative estimate of drug-likeness (QED) is 0.314. The van der Waals surface area contributed by atoms with Gasteiger partial charge in [0.25, 0.3) is 10.1 Å². The van der Waals surface area contributed by atoms with Crippen LogP contribution in [0.3, 0.4) is 0 Å². The Kier molecular flexibility index (Phi) is 4.45. The first-order valence-corrected chi connectivity index (χ1v) is 9.21. The Morgan fingerprint density at radius 1 is 1.38 bits per heavy atom. The number of urea groups is 1. The largest absolute Gasteiger partial charge is 0.356 e. The number of primary amides is 1. The molecule has 1 heterocycles. The average Bonchev–Trinajstić information content (AvgIpc) is 2.71. The standard InChI is InChI=1S/C10H14N4O8S2/c1-13-6-4-8(15)7(14(12-10(11)16)24(20,21)22)2-5(6)3-9(13)23(17,18)19/h2,4,7,9H,3H2,1H3,(H3,11,12,16)(H,17,18,19)(H,20,21,22). The molecule has 1 fully saturated rings. The van der Waals surface area contributed by atoms with Crippen LogP contribution >= 0.6 is 0 Å². The number of hydrogen-bond donors (Lipinski definition) is 4. The fourth-order valence-corrected chi connectivity index (χ4v) is 4.08. The highest BCUT2D eigenvalue weighted by Crippen LogP contribution is 2.36. The van der Waals surface area contributed by atoms with Crippen LogP contribution in [0.25, 0.3) is 0 Å². The van der Waals surface area contributed by atoms with E-state index in [4.69, 9.17) is 10.3 Å². The molecule has 0 aromatic carbocycles. The number of carbonyl (C=O) groups is 2. The van der Waals surface area contributed by atoms with Crippen LogP contribution in [-0.4, -0.2) is 65.5 Å². The number of nitrogens with two attached hydrogens (primary N) is 1. The van der Waals surface area contributed by atoms with Crippen molar-refractivity contribution >= 4 is 32.2 Å². The Labute approximate surface area is 137 Å². The molecule has 1 aliphatic carbocycles. The highest BCUT2D eigenvalue weighted by Gasteiger charge is 2.43. The molecule has 0 spiro atoms.